The fraction of sp³-hybridized carbons (Fsp3) is 0.714. The minimum Gasteiger partial charge on any atom is -0.493 e. The number of likely N-dealkylation sites (tertiary alicyclic amines) is 1. The van der Waals surface area contributed by atoms with Crippen LogP contribution in [0, 0.1) is 11.2 Å². The molecule has 4 fully saturated rings. The molecule has 3 aliphatic carbocycles. The second-order valence-corrected chi connectivity index (χ2v) is 12.4. The van der Waals surface area contributed by atoms with E-state index in [9.17, 15) is 9.18 Å². The normalized spacial score (nSPS) is 36.9. The standard InChI is InChI=1S/C27H35F4NO2.CH2O2/c1-17-5-4-8-32(17)23(33)20-9-19(18-6-7-18)22(10-21(20)28)34-16-24(2)11-26(30)13-25(3,29)14-27(31,12-24)15-26;2-1-3/h9-10,17-18H,4-8,11-16H2,1-3H3;1H,(H,2,3). The number of carboxylic acid groups (broad SMARTS) is 1. The van der Waals surface area contributed by atoms with Crippen molar-refractivity contribution < 1.29 is 37.0 Å². The molecule has 4 aliphatic rings. The number of hydrogen-bond acceptors (Lipinski definition) is 3. The van der Waals surface area contributed by atoms with Crippen molar-refractivity contribution in [3.05, 3.63) is 29.1 Å². The number of carbonyl (C=O) groups is 2. The lowest BCUT2D eigenvalue weighted by Gasteiger charge is -2.54. The highest BCUT2D eigenvalue weighted by Crippen LogP contribution is 2.59. The maximum Gasteiger partial charge on any atom is 0.290 e. The molecule has 1 N–H and O–H groups in total. The molecule has 0 aromatic heterocycles. The van der Waals surface area contributed by atoms with E-state index in [4.69, 9.17) is 14.6 Å². The van der Waals surface area contributed by atoms with E-state index in [1.54, 1.807) is 17.9 Å². The average molecular weight is 528 g/mol. The molecular weight excluding hydrogens is 490 g/mol. The van der Waals surface area contributed by atoms with Crippen molar-refractivity contribution in [2.24, 2.45) is 5.41 Å². The summed E-state index contributed by atoms with van der Waals surface area (Å²) in [6.07, 6.45) is 2.82. The van der Waals surface area contributed by atoms with Gasteiger partial charge in [-0.1, -0.05) is 6.92 Å². The van der Waals surface area contributed by atoms with Gasteiger partial charge in [0.25, 0.3) is 12.4 Å². The first-order valence-corrected chi connectivity index (χ1v) is 13.1. The Bertz CT molecular complexity index is 1020. The zero-order chi connectivity index (χ0) is 27.2. The van der Waals surface area contributed by atoms with Crippen molar-refractivity contribution in [2.45, 2.75) is 108 Å². The number of halogens is 4. The third-order valence-electron chi connectivity index (χ3n) is 8.23. The maximum absolute atomic E-state index is 15.5. The lowest BCUT2D eigenvalue weighted by atomic mass is 9.56. The predicted molar refractivity (Wildman–Crippen MR) is 131 cm³/mol. The first-order chi connectivity index (χ1) is 17.2. The maximum atomic E-state index is 15.5. The molecule has 3 atom stereocenters. The van der Waals surface area contributed by atoms with E-state index < -0.39 is 28.2 Å². The van der Waals surface area contributed by atoms with Gasteiger partial charge in [0.15, 0.2) is 0 Å². The van der Waals surface area contributed by atoms with E-state index in [1.165, 1.54) is 13.0 Å². The van der Waals surface area contributed by atoms with Crippen LogP contribution in [-0.4, -0.2) is 58.6 Å². The van der Waals surface area contributed by atoms with Crippen LogP contribution in [0.5, 0.6) is 5.75 Å². The summed E-state index contributed by atoms with van der Waals surface area (Å²) >= 11 is 0. The van der Waals surface area contributed by atoms with Gasteiger partial charge >= 0.3 is 0 Å². The zero-order valence-corrected chi connectivity index (χ0v) is 21.8. The Hall–Kier alpha value is -2.32. The highest BCUT2D eigenvalue weighted by Gasteiger charge is 2.62. The highest BCUT2D eigenvalue weighted by atomic mass is 19.2. The minimum absolute atomic E-state index is 0.00976. The summed E-state index contributed by atoms with van der Waals surface area (Å²) < 4.78 is 66.9. The molecule has 2 bridgehead atoms. The van der Waals surface area contributed by atoms with Crippen LogP contribution in [-0.2, 0) is 4.79 Å². The lowest BCUT2D eigenvalue weighted by molar-refractivity contribution is -0.153. The van der Waals surface area contributed by atoms with Crippen LogP contribution < -0.4 is 4.74 Å². The smallest absolute Gasteiger partial charge is 0.290 e. The number of amides is 1. The Balaban J connectivity index is 0.00000102. The van der Waals surface area contributed by atoms with Gasteiger partial charge in [-0.2, -0.15) is 0 Å². The van der Waals surface area contributed by atoms with E-state index in [2.05, 4.69) is 0 Å². The van der Waals surface area contributed by atoms with Gasteiger partial charge < -0.3 is 14.7 Å². The van der Waals surface area contributed by atoms with Gasteiger partial charge in [0.1, 0.15) is 28.6 Å². The minimum atomic E-state index is -1.92. The average Bonchev–Trinajstić information content (AvgIpc) is 3.49. The Kier molecular flexibility index (Phi) is 7.32. The molecule has 0 radical (unpaired) electrons. The Morgan fingerprint density at radius 3 is 2.19 bits per heavy atom. The van der Waals surface area contributed by atoms with Crippen LogP contribution in [0.4, 0.5) is 17.6 Å². The van der Waals surface area contributed by atoms with Gasteiger partial charge in [0, 0.05) is 43.3 Å². The third-order valence-corrected chi connectivity index (χ3v) is 8.23. The Morgan fingerprint density at radius 1 is 1.08 bits per heavy atom. The molecule has 1 aromatic carbocycles. The molecule has 5 rings (SSSR count). The number of benzene rings is 1. The molecule has 5 nitrogen and oxygen atoms in total. The number of alkyl halides is 3. The topological polar surface area (TPSA) is 66.8 Å². The third kappa shape index (κ3) is 6.06. The van der Waals surface area contributed by atoms with Crippen LogP contribution in [0.25, 0.3) is 0 Å². The van der Waals surface area contributed by atoms with Crippen LogP contribution in [0.2, 0.25) is 0 Å². The van der Waals surface area contributed by atoms with Crippen LogP contribution >= 0.6 is 0 Å². The van der Waals surface area contributed by atoms with Gasteiger partial charge in [-0.3, -0.25) is 9.59 Å². The molecule has 3 unspecified atom stereocenters. The molecule has 3 saturated carbocycles. The summed E-state index contributed by atoms with van der Waals surface area (Å²) in [4.78, 5) is 23.1. The van der Waals surface area contributed by atoms with E-state index >= 15 is 13.2 Å². The molecule has 1 aliphatic heterocycles. The molecule has 0 spiro atoms. The summed E-state index contributed by atoms with van der Waals surface area (Å²) in [7, 11) is 0. The van der Waals surface area contributed by atoms with Gasteiger partial charge in [-0.25, -0.2) is 17.6 Å². The zero-order valence-electron chi connectivity index (χ0n) is 21.8. The number of ether oxygens (including phenoxy) is 1. The van der Waals surface area contributed by atoms with E-state index in [-0.39, 0.29) is 68.6 Å². The second kappa shape index (κ2) is 9.77. The van der Waals surface area contributed by atoms with E-state index in [0.717, 1.165) is 31.2 Å². The quantitative estimate of drug-likeness (QED) is 0.349. The second-order valence-electron chi connectivity index (χ2n) is 12.4. The largest absolute Gasteiger partial charge is 0.493 e. The summed E-state index contributed by atoms with van der Waals surface area (Å²) in [5, 5.41) is 6.89. The molecule has 1 heterocycles. The number of rotatable bonds is 5. The molecular formula is C28H37F4NO4. The van der Waals surface area contributed by atoms with Crippen LogP contribution in [0.3, 0.4) is 0 Å². The summed E-state index contributed by atoms with van der Waals surface area (Å²) in [6.45, 7) is 5.43. The molecule has 1 saturated heterocycles. The molecule has 1 aromatic rings. The predicted octanol–water partition coefficient (Wildman–Crippen LogP) is 6.54. The Labute approximate surface area is 215 Å². The molecule has 1 amide bonds. The van der Waals surface area contributed by atoms with E-state index in [1.807, 2.05) is 6.92 Å². The lowest BCUT2D eigenvalue weighted by Crippen LogP contribution is -2.58. The van der Waals surface area contributed by atoms with Crippen molar-refractivity contribution in [1.29, 1.82) is 0 Å². The first kappa shape index (κ1) is 27.7. The number of fused-ring (bicyclic) bond motifs is 2. The SMILES string of the molecule is CC1CCCN1C(=O)c1cc(C2CC2)c(OCC2(C)CC3(F)CC(C)(F)CC(F)(C2)C3)cc1F.O=CO. The summed E-state index contributed by atoms with van der Waals surface area (Å²) in [6, 6.07) is 2.98. The van der Waals surface area contributed by atoms with Gasteiger partial charge in [0.05, 0.1) is 12.2 Å². The van der Waals surface area contributed by atoms with E-state index in [0.29, 0.717) is 12.3 Å². The number of carbonyl (C=O) groups excluding carboxylic acids is 1. The molecule has 9 heteroatoms. The summed E-state index contributed by atoms with van der Waals surface area (Å²) in [5.41, 5.74) is -5.68. The number of hydrogen-bond donors (Lipinski definition) is 1. The first-order valence-electron chi connectivity index (χ1n) is 13.1. The van der Waals surface area contributed by atoms with Gasteiger partial charge in [-0.05, 0) is 69.9 Å². The molecule has 37 heavy (non-hydrogen) atoms. The highest BCUT2D eigenvalue weighted by molar-refractivity contribution is 5.95. The van der Waals surface area contributed by atoms with Crippen molar-refractivity contribution in [3.8, 4) is 5.75 Å². The van der Waals surface area contributed by atoms with Crippen molar-refractivity contribution >= 4 is 12.4 Å². The van der Waals surface area contributed by atoms with Crippen molar-refractivity contribution in [1.82, 2.24) is 4.90 Å². The van der Waals surface area contributed by atoms with Crippen molar-refractivity contribution in [3.63, 3.8) is 0 Å². The number of nitrogens with zero attached hydrogens (tertiary/aromatic N) is 1. The van der Waals surface area contributed by atoms with Gasteiger partial charge in [-0.15, -0.1) is 0 Å². The Morgan fingerprint density at radius 2 is 1.68 bits per heavy atom. The molecule has 206 valence electrons. The monoisotopic (exact) mass is 527 g/mol. The van der Waals surface area contributed by atoms with Crippen LogP contribution in [0.1, 0.15) is 100 Å². The summed E-state index contributed by atoms with van der Waals surface area (Å²) in [5.74, 6) is -0.384. The van der Waals surface area contributed by atoms with Crippen molar-refractivity contribution in [2.75, 3.05) is 13.2 Å². The fourth-order valence-corrected chi connectivity index (χ4v) is 7.24. The van der Waals surface area contributed by atoms with Gasteiger partial charge in [0.2, 0.25) is 0 Å². The van der Waals surface area contributed by atoms with Crippen LogP contribution in [0.15, 0.2) is 12.1 Å². The fourth-order valence-electron chi connectivity index (χ4n) is 7.24.